The summed E-state index contributed by atoms with van der Waals surface area (Å²) in [6.45, 7) is 1.10. The number of hydrogen-bond donors (Lipinski definition) is 1. The first-order chi connectivity index (χ1) is 13.1. The van der Waals surface area contributed by atoms with Gasteiger partial charge in [0.25, 0.3) is 0 Å². The maximum Gasteiger partial charge on any atom is 0.240 e. The molecule has 0 fully saturated rings. The number of nitrogens with zero attached hydrogens (tertiary/aromatic N) is 3. The lowest BCUT2D eigenvalue weighted by Gasteiger charge is -2.29. The third-order valence-corrected chi connectivity index (χ3v) is 3.84. The number of fused-ring (bicyclic) bond motifs is 1. The van der Waals surface area contributed by atoms with E-state index in [9.17, 15) is 4.79 Å². The smallest absolute Gasteiger partial charge is 0.240 e. The van der Waals surface area contributed by atoms with Crippen LogP contribution in [0.2, 0.25) is 0 Å². The number of anilines is 1. The Morgan fingerprint density at radius 1 is 1.22 bits per heavy atom. The predicted octanol–water partition coefficient (Wildman–Crippen LogP) is 1.20. The number of nitrogens with one attached hydrogen (secondary N) is 1. The number of amides is 1. The number of carbonyl (C=O) groups excluding carboxylic acids is 1. The van der Waals surface area contributed by atoms with Crippen LogP contribution in [0.3, 0.4) is 0 Å². The van der Waals surface area contributed by atoms with Gasteiger partial charge >= 0.3 is 0 Å². The Bertz CT molecular complexity index is 779. The number of carbonyl (C=O) groups is 1. The van der Waals surface area contributed by atoms with Gasteiger partial charge in [-0.05, 0) is 19.2 Å². The Kier molecular flexibility index (Phi) is 5.92. The summed E-state index contributed by atoms with van der Waals surface area (Å²) in [7, 11) is 4.79. The zero-order chi connectivity index (χ0) is 19.2. The van der Waals surface area contributed by atoms with Gasteiger partial charge in [0.15, 0.2) is 11.5 Å². The van der Waals surface area contributed by atoms with Gasteiger partial charge in [-0.25, -0.2) is 0 Å². The van der Waals surface area contributed by atoms with E-state index in [4.69, 9.17) is 18.9 Å². The second-order valence-corrected chi connectivity index (χ2v) is 6.02. The summed E-state index contributed by atoms with van der Waals surface area (Å²) in [5.74, 6) is 1.91. The van der Waals surface area contributed by atoms with Crippen LogP contribution >= 0.6 is 0 Å². The summed E-state index contributed by atoms with van der Waals surface area (Å²) in [6.07, 6.45) is -0.161. The highest BCUT2D eigenvalue weighted by Crippen LogP contribution is 2.30. The molecule has 2 heterocycles. The molecule has 1 aliphatic rings. The number of para-hydroxylation sites is 2. The molecule has 1 aromatic heterocycles. The third-order valence-electron chi connectivity index (χ3n) is 3.84. The summed E-state index contributed by atoms with van der Waals surface area (Å²) >= 11 is 0. The van der Waals surface area contributed by atoms with Crippen molar-refractivity contribution in [3.8, 4) is 23.3 Å². The van der Waals surface area contributed by atoms with E-state index in [2.05, 4.69) is 15.3 Å². The molecular formula is C18H22N4O5. The second kappa shape index (κ2) is 8.54. The van der Waals surface area contributed by atoms with E-state index in [1.807, 2.05) is 36.2 Å². The molecule has 1 unspecified atom stereocenters. The van der Waals surface area contributed by atoms with Crippen molar-refractivity contribution in [1.82, 2.24) is 14.9 Å². The van der Waals surface area contributed by atoms with Crippen LogP contribution in [-0.4, -0.2) is 67.8 Å². The molecule has 9 heteroatoms. The van der Waals surface area contributed by atoms with Crippen LogP contribution < -0.4 is 24.3 Å². The van der Waals surface area contributed by atoms with Gasteiger partial charge in [0.1, 0.15) is 12.7 Å². The Hall–Kier alpha value is -3.07. The summed E-state index contributed by atoms with van der Waals surface area (Å²) in [4.78, 5) is 22.3. The largest absolute Gasteiger partial charge is 0.486 e. The third kappa shape index (κ3) is 4.98. The van der Waals surface area contributed by atoms with Crippen molar-refractivity contribution in [3.05, 3.63) is 30.3 Å². The molecule has 1 N–H and O–H groups in total. The zero-order valence-corrected chi connectivity index (χ0v) is 15.5. The molecule has 0 spiro atoms. The van der Waals surface area contributed by atoms with E-state index in [1.165, 1.54) is 20.3 Å². The molecule has 2 aromatic rings. The molecule has 0 aliphatic carbocycles. The lowest BCUT2D eigenvalue weighted by molar-refractivity contribution is -0.117. The molecule has 0 bridgehead atoms. The zero-order valence-electron chi connectivity index (χ0n) is 15.5. The number of hydrogen-bond acceptors (Lipinski definition) is 8. The molecular weight excluding hydrogens is 352 g/mol. The lowest BCUT2D eigenvalue weighted by Crippen LogP contribution is -2.42. The van der Waals surface area contributed by atoms with E-state index in [0.29, 0.717) is 30.7 Å². The fraction of sp³-hybridized carbons (Fsp3) is 0.389. The van der Waals surface area contributed by atoms with Crippen LogP contribution in [0.1, 0.15) is 0 Å². The molecule has 3 rings (SSSR count). The fourth-order valence-electron chi connectivity index (χ4n) is 2.64. The second-order valence-electron chi connectivity index (χ2n) is 6.02. The van der Waals surface area contributed by atoms with Gasteiger partial charge in [-0.2, -0.15) is 9.97 Å². The number of methoxy groups -OCH3 is 2. The minimum atomic E-state index is -0.259. The molecule has 0 saturated heterocycles. The van der Waals surface area contributed by atoms with Crippen LogP contribution in [0.25, 0.3) is 0 Å². The first kappa shape index (κ1) is 18.7. The van der Waals surface area contributed by atoms with Crippen molar-refractivity contribution in [2.45, 2.75) is 6.10 Å². The quantitative estimate of drug-likeness (QED) is 0.773. The van der Waals surface area contributed by atoms with Crippen LogP contribution in [0.15, 0.2) is 30.3 Å². The van der Waals surface area contributed by atoms with Gasteiger partial charge < -0.3 is 18.9 Å². The summed E-state index contributed by atoms with van der Waals surface area (Å²) in [5.41, 5.74) is 0. The Morgan fingerprint density at radius 3 is 2.56 bits per heavy atom. The van der Waals surface area contributed by atoms with Gasteiger partial charge in [0.2, 0.25) is 23.6 Å². The summed E-state index contributed by atoms with van der Waals surface area (Å²) in [6, 6.07) is 9.05. The van der Waals surface area contributed by atoms with Crippen LogP contribution in [0, 0.1) is 0 Å². The molecule has 27 heavy (non-hydrogen) atoms. The molecule has 1 amide bonds. The van der Waals surface area contributed by atoms with Gasteiger partial charge in [-0.1, -0.05) is 12.1 Å². The highest BCUT2D eigenvalue weighted by atomic mass is 16.6. The molecule has 144 valence electrons. The monoisotopic (exact) mass is 374 g/mol. The van der Waals surface area contributed by atoms with Gasteiger partial charge in [0, 0.05) is 6.54 Å². The fourth-order valence-corrected chi connectivity index (χ4v) is 2.64. The van der Waals surface area contributed by atoms with Crippen LogP contribution in [0.4, 0.5) is 5.95 Å². The van der Waals surface area contributed by atoms with E-state index >= 15 is 0 Å². The molecule has 1 atom stereocenters. The van der Waals surface area contributed by atoms with E-state index in [1.54, 1.807) is 0 Å². The minimum Gasteiger partial charge on any atom is -0.486 e. The highest BCUT2D eigenvalue weighted by Gasteiger charge is 2.22. The van der Waals surface area contributed by atoms with Crippen LogP contribution in [-0.2, 0) is 4.79 Å². The van der Waals surface area contributed by atoms with Gasteiger partial charge in [-0.15, -0.1) is 0 Å². The molecule has 0 radical (unpaired) electrons. The lowest BCUT2D eigenvalue weighted by atomic mass is 10.2. The molecule has 0 saturated carbocycles. The number of likely N-dealkylation sites (N-methyl/N-ethyl adjacent to an activating group) is 1. The normalized spacial score (nSPS) is 15.3. The SMILES string of the molecule is COc1cc(OC)nc(NC(=O)CN(C)CC2COc3ccccc3O2)n1. The topological polar surface area (TPSA) is 95.0 Å². The summed E-state index contributed by atoms with van der Waals surface area (Å²) < 4.78 is 21.7. The molecule has 1 aliphatic heterocycles. The van der Waals surface area contributed by atoms with Crippen molar-refractivity contribution in [3.63, 3.8) is 0 Å². The summed E-state index contributed by atoms with van der Waals surface area (Å²) in [5, 5.41) is 2.64. The van der Waals surface area contributed by atoms with Gasteiger partial charge in [0.05, 0.1) is 26.8 Å². The van der Waals surface area contributed by atoms with E-state index in [0.717, 1.165) is 5.75 Å². The van der Waals surface area contributed by atoms with Gasteiger partial charge in [-0.3, -0.25) is 15.0 Å². The maximum absolute atomic E-state index is 12.3. The first-order valence-electron chi connectivity index (χ1n) is 8.41. The average molecular weight is 374 g/mol. The number of rotatable bonds is 7. The maximum atomic E-state index is 12.3. The Labute approximate surface area is 157 Å². The highest BCUT2D eigenvalue weighted by molar-refractivity contribution is 5.90. The Balaban J connectivity index is 1.52. The Morgan fingerprint density at radius 2 is 1.89 bits per heavy atom. The minimum absolute atomic E-state index is 0.121. The van der Waals surface area contributed by atoms with E-state index < -0.39 is 0 Å². The van der Waals surface area contributed by atoms with Crippen molar-refractivity contribution in [1.29, 1.82) is 0 Å². The van der Waals surface area contributed by atoms with Crippen molar-refractivity contribution in [2.75, 3.05) is 46.3 Å². The number of ether oxygens (including phenoxy) is 4. The molecule has 9 nitrogen and oxygen atoms in total. The van der Waals surface area contributed by atoms with E-state index in [-0.39, 0.29) is 24.5 Å². The molecule has 1 aromatic carbocycles. The van der Waals surface area contributed by atoms with Crippen molar-refractivity contribution in [2.24, 2.45) is 0 Å². The standard InChI is InChI=1S/C18H22N4O5/c1-22(9-12-11-26-13-6-4-5-7-14(13)27-12)10-15(23)19-18-20-16(24-2)8-17(21-18)25-3/h4-8,12H,9-11H2,1-3H3,(H,19,20,21,23). The average Bonchev–Trinajstić information content (AvgIpc) is 2.67. The number of aromatic nitrogens is 2. The van der Waals surface area contributed by atoms with Crippen molar-refractivity contribution < 1.29 is 23.7 Å². The number of benzene rings is 1. The van der Waals surface area contributed by atoms with Crippen molar-refractivity contribution >= 4 is 11.9 Å². The van der Waals surface area contributed by atoms with Crippen LogP contribution in [0.5, 0.6) is 23.3 Å². The predicted molar refractivity (Wildman–Crippen MR) is 97.6 cm³/mol. The first-order valence-corrected chi connectivity index (χ1v) is 8.41.